The van der Waals surface area contributed by atoms with Crippen LogP contribution in [0.2, 0.25) is 0 Å². The first-order chi connectivity index (χ1) is 19.8. The number of fused-ring (bicyclic) bond motifs is 1. The molecule has 1 amide bonds. The quantitative estimate of drug-likeness (QED) is 0.426. The van der Waals surface area contributed by atoms with E-state index in [1.54, 1.807) is 5.56 Å². The van der Waals surface area contributed by atoms with E-state index in [1.807, 2.05) is 4.90 Å². The Morgan fingerprint density at radius 2 is 1.80 bits per heavy atom. The summed E-state index contributed by atoms with van der Waals surface area (Å²) in [6.45, 7) is 8.25. The first kappa shape index (κ1) is 25.6. The molecule has 1 N–H and O–H groups in total. The highest BCUT2D eigenvalue weighted by Crippen LogP contribution is 2.57. The molecule has 4 heterocycles. The van der Waals surface area contributed by atoms with Crippen LogP contribution in [0.4, 0.5) is 0 Å². The number of rotatable bonds is 5. The fourth-order valence-corrected chi connectivity index (χ4v) is 9.01. The molecule has 2 aromatic carbocycles. The normalized spacial score (nSPS) is 29.2. The summed E-state index contributed by atoms with van der Waals surface area (Å²) in [7, 11) is 2.16. The lowest BCUT2D eigenvalue weighted by atomic mass is 9.56. The van der Waals surface area contributed by atoms with Gasteiger partial charge in [-0.05, 0) is 111 Å². The molecule has 41 heavy (non-hydrogen) atoms. The molecule has 3 aliphatic heterocycles. The van der Waals surface area contributed by atoms with Crippen LogP contribution in [-0.4, -0.2) is 65.4 Å². The fraction of sp³-hybridized carbons (Fsp3) is 0.543. The van der Waals surface area contributed by atoms with Crippen LogP contribution in [0, 0.1) is 35.0 Å². The number of aromatic amines is 1. The molecule has 1 aromatic heterocycles. The zero-order chi connectivity index (χ0) is 27.9. The molecular weight excluding hydrogens is 506 g/mol. The number of aryl methyl sites for hydroxylation is 1. The van der Waals surface area contributed by atoms with E-state index < -0.39 is 0 Å². The zero-order valence-electron chi connectivity index (χ0n) is 24.5. The van der Waals surface area contributed by atoms with Crippen LogP contribution in [0.25, 0.3) is 10.9 Å². The smallest absolute Gasteiger partial charge is 0.253 e. The molecule has 2 saturated carbocycles. The molecule has 6 nitrogen and oxygen atoms in total. The van der Waals surface area contributed by atoms with Crippen molar-refractivity contribution < 1.29 is 4.79 Å². The lowest BCUT2D eigenvalue weighted by Crippen LogP contribution is -2.72. The maximum Gasteiger partial charge on any atom is 0.253 e. The number of benzene rings is 2. The van der Waals surface area contributed by atoms with E-state index in [0.717, 1.165) is 64.1 Å². The van der Waals surface area contributed by atoms with Gasteiger partial charge in [0.1, 0.15) is 0 Å². The van der Waals surface area contributed by atoms with Gasteiger partial charge < -0.3 is 14.8 Å². The lowest BCUT2D eigenvalue weighted by Gasteiger charge is -2.59. The van der Waals surface area contributed by atoms with Crippen molar-refractivity contribution in [1.82, 2.24) is 19.7 Å². The van der Waals surface area contributed by atoms with Gasteiger partial charge in [0.25, 0.3) is 5.91 Å². The highest BCUT2D eigenvalue weighted by atomic mass is 16.2. The van der Waals surface area contributed by atoms with Crippen LogP contribution in [0.5, 0.6) is 0 Å². The Hall–Kier alpha value is -3.14. The predicted molar refractivity (Wildman–Crippen MR) is 160 cm³/mol. The molecule has 5 aliphatic rings. The number of nitriles is 1. The van der Waals surface area contributed by atoms with Gasteiger partial charge in [-0.15, -0.1) is 0 Å². The molecule has 2 aliphatic carbocycles. The Balaban J connectivity index is 1.07. The van der Waals surface area contributed by atoms with Gasteiger partial charge in [0.15, 0.2) is 0 Å². The SMILES string of the molecule is Cc1cc(C2CC2)c(CN2CCC3(CC(C#N)C3)C[C@H]2c2ccc(C(=O)N3CC4(CN(C)C4)C3)cc2)c2cc[nH]c12. The third-order valence-corrected chi connectivity index (χ3v) is 11.2. The Morgan fingerprint density at radius 3 is 2.49 bits per heavy atom. The Labute approximate surface area is 243 Å². The van der Waals surface area contributed by atoms with E-state index in [-0.39, 0.29) is 17.2 Å². The first-order valence-electron chi connectivity index (χ1n) is 15.7. The van der Waals surface area contributed by atoms with Crippen molar-refractivity contribution in [3.05, 3.63) is 70.4 Å². The van der Waals surface area contributed by atoms with Crippen LogP contribution in [-0.2, 0) is 6.54 Å². The molecule has 5 fully saturated rings. The monoisotopic (exact) mass is 547 g/mol. The summed E-state index contributed by atoms with van der Waals surface area (Å²) in [4.78, 5) is 23.8. The summed E-state index contributed by atoms with van der Waals surface area (Å²) in [6, 6.07) is 16.1. The second-order valence-corrected chi connectivity index (χ2v) is 14.4. The summed E-state index contributed by atoms with van der Waals surface area (Å²) in [5.41, 5.74) is 8.43. The highest BCUT2D eigenvalue weighted by Gasteiger charge is 2.52. The van der Waals surface area contributed by atoms with Gasteiger partial charge in [-0.2, -0.15) is 5.26 Å². The number of carbonyl (C=O) groups excluding carboxylic acids is 1. The molecule has 0 radical (unpaired) electrons. The van der Waals surface area contributed by atoms with Crippen LogP contribution >= 0.6 is 0 Å². The van der Waals surface area contributed by atoms with E-state index in [4.69, 9.17) is 0 Å². The molecule has 3 saturated heterocycles. The lowest BCUT2D eigenvalue weighted by molar-refractivity contribution is -0.0872. The third kappa shape index (κ3) is 4.23. The summed E-state index contributed by atoms with van der Waals surface area (Å²) < 4.78 is 0. The first-order valence-corrected chi connectivity index (χ1v) is 15.7. The van der Waals surface area contributed by atoms with Crippen LogP contribution in [0.1, 0.15) is 83.1 Å². The molecule has 6 heteroatoms. The Kier molecular flexibility index (Phi) is 5.72. The van der Waals surface area contributed by atoms with Crippen molar-refractivity contribution in [3.63, 3.8) is 0 Å². The molecule has 0 bridgehead atoms. The van der Waals surface area contributed by atoms with Crippen molar-refractivity contribution in [2.75, 3.05) is 39.8 Å². The molecule has 1 atom stereocenters. The summed E-state index contributed by atoms with van der Waals surface area (Å²) in [6.07, 6.45) is 9.04. The predicted octanol–water partition coefficient (Wildman–Crippen LogP) is 6.00. The number of likely N-dealkylation sites (tertiary alicyclic amines) is 3. The van der Waals surface area contributed by atoms with Crippen molar-refractivity contribution in [2.45, 2.75) is 64.0 Å². The van der Waals surface area contributed by atoms with Gasteiger partial charge in [-0.3, -0.25) is 9.69 Å². The van der Waals surface area contributed by atoms with Crippen molar-refractivity contribution in [1.29, 1.82) is 5.26 Å². The molecule has 8 rings (SSSR count). The average molecular weight is 548 g/mol. The maximum absolute atomic E-state index is 13.3. The number of amides is 1. The topological polar surface area (TPSA) is 66.4 Å². The Bertz CT molecular complexity index is 1540. The van der Waals surface area contributed by atoms with Gasteiger partial charge in [0.05, 0.1) is 6.07 Å². The molecule has 2 spiro atoms. The molecule has 0 unspecified atom stereocenters. The van der Waals surface area contributed by atoms with Crippen molar-refractivity contribution >= 4 is 16.8 Å². The van der Waals surface area contributed by atoms with Crippen LogP contribution < -0.4 is 0 Å². The number of aromatic nitrogens is 1. The second-order valence-electron chi connectivity index (χ2n) is 14.4. The van der Waals surface area contributed by atoms with E-state index >= 15 is 0 Å². The standard InChI is InChI=1S/C35H41N5O/c1-23-13-29(25-3-4-25)30(28-9-11-37-32(23)28)18-39-12-10-34(14-24(15-34)17-36)16-31(39)26-5-7-27(8-6-26)33(41)40-21-35(22-40)19-38(2)20-35/h5-9,11,13,24-25,31,37H,3-4,10,12,14-16,18-22H2,1-2H3/t24?,31-,34?/m0/s1. The number of carbonyl (C=O) groups is 1. The van der Waals surface area contributed by atoms with E-state index in [9.17, 15) is 10.1 Å². The van der Waals surface area contributed by atoms with Crippen molar-refractivity contribution in [2.24, 2.45) is 16.7 Å². The van der Waals surface area contributed by atoms with Crippen LogP contribution in [0.15, 0.2) is 42.6 Å². The Morgan fingerprint density at radius 1 is 1.05 bits per heavy atom. The summed E-state index contributed by atoms with van der Waals surface area (Å²) >= 11 is 0. The summed E-state index contributed by atoms with van der Waals surface area (Å²) in [5.74, 6) is 1.09. The largest absolute Gasteiger partial charge is 0.361 e. The van der Waals surface area contributed by atoms with E-state index in [2.05, 4.69) is 77.4 Å². The van der Waals surface area contributed by atoms with Crippen LogP contribution in [0.3, 0.4) is 0 Å². The number of hydrogen-bond acceptors (Lipinski definition) is 4. The van der Waals surface area contributed by atoms with Gasteiger partial charge in [-0.1, -0.05) is 18.2 Å². The molecular formula is C35H41N5O. The van der Waals surface area contributed by atoms with E-state index in [1.165, 1.54) is 46.9 Å². The minimum absolute atomic E-state index is 0.174. The summed E-state index contributed by atoms with van der Waals surface area (Å²) in [5, 5.41) is 10.9. The van der Waals surface area contributed by atoms with Gasteiger partial charge in [0.2, 0.25) is 0 Å². The molecule has 212 valence electrons. The third-order valence-electron chi connectivity index (χ3n) is 11.2. The fourth-order valence-electron chi connectivity index (χ4n) is 9.01. The second kappa shape index (κ2) is 9.18. The highest BCUT2D eigenvalue weighted by molar-refractivity contribution is 5.95. The molecule has 3 aromatic rings. The van der Waals surface area contributed by atoms with Gasteiger partial charge in [-0.25, -0.2) is 0 Å². The number of piperidine rings is 1. The minimum atomic E-state index is 0.174. The van der Waals surface area contributed by atoms with Gasteiger partial charge in [0, 0.05) is 72.8 Å². The number of nitrogens with zero attached hydrogens (tertiary/aromatic N) is 4. The average Bonchev–Trinajstić information content (AvgIpc) is 3.65. The van der Waals surface area contributed by atoms with E-state index in [0.29, 0.717) is 17.4 Å². The van der Waals surface area contributed by atoms with Crippen molar-refractivity contribution in [3.8, 4) is 6.07 Å². The minimum Gasteiger partial charge on any atom is -0.361 e. The number of nitrogens with one attached hydrogen (secondary N) is 1. The maximum atomic E-state index is 13.3. The number of H-pyrrole nitrogens is 1. The zero-order valence-corrected chi connectivity index (χ0v) is 24.5. The van der Waals surface area contributed by atoms with Gasteiger partial charge >= 0.3 is 0 Å². The number of hydrogen-bond donors (Lipinski definition) is 1.